The van der Waals surface area contributed by atoms with Crippen LogP contribution in [0.4, 0.5) is 0 Å². The van der Waals surface area contributed by atoms with Crippen molar-refractivity contribution in [2.75, 3.05) is 67.0 Å². The molecule has 0 unspecified atom stereocenters. The lowest BCUT2D eigenvalue weighted by molar-refractivity contribution is -0.122. The molecule has 0 radical (unpaired) electrons. The third-order valence-corrected chi connectivity index (χ3v) is 4.71. The number of amides is 3. The van der Waals surface area contributed by atoms with Gasteiger partial charge in [0.1, 0.15) is 0 Å². The van der Waals surface area contributed by atoms with Crippen molar-refractivity contribution < 1.29 is 14.4 Å². The zero-order valence-electron chi connectivity index (χ0n) is 17.9. The van der Waals surface area contributed by atoms with Crippen molar-refractivity contribution >= 4 is 17.7 Å². The van der Waals surface area contributed by atoms with Crippen LogP contribution in [0.5, 0.6) is 0 Å². The molecule has 0 bridgehead atoms. The lowest BCUT2D eigenvalue weighted by atomic mass is 10.2. The topological polar surface area (TPSA) is 120 Å². The largest absolute Gasteiger partial charge is 0.359 e. The predicted octanol–water partition coefficient (Wildman–Crippen LogP) is -0.872. The number of nitrogens with one attached hydrogen (secondary N) is 3. The van der Waals surface area contributed by atoms with Gasteiger partial charge in [0.05, 0.1) is 0 Å². The second-order valence-corrected chi connectivity index (χ2v) is 6.80. The number of nitrogens with two attached hydrogens (primary N) is 1. The molecule has 0 rings (SSSR count). The fraction of sp³-hybridized carbons (Fsp3) is 0.842. The normalized spacial score (nSPS) is 10.9. The minimum atomic E-state index is -0.0109. The molecular formula is C19H40N6O3. The highest BCUT2D eigenvalue weighted by Gasteiger charge is 2.13. The van der Waals surface area contributed by atoms with Gasteiger partial charge in [-0.1, -0.05) is 6.42 Å². The molecule has 0 aromatic carbocycles. The van der Waals surface area contributed by atoms with Crippen LogP contribution in [0.1, 0.15) is 38.5 Å². The van der Waals surface area contributed by atoms with Gasteiger partial charge in [0.25, 0.3) is 0 Å². The Morgan fingerprint density at radius 1 is 0.607 bits per heavy atom. The summed E-state index contributed by atoms with van der Waals surface area (Å²) in [6, 6.07) is 0. The van der Waals surface area contributed by atoms with Crippen LogP contribution in [0.2, 0.25) is 0 Å². The highest BCUT2D eigenvalue weighted by Crippen LogP contribution is 2.02. The fourth-order valence-electron chi connectivity index (χ4n) is 2.76. The number of nitrogens with zero attached hydrogens (tertiary/aromatic N) is 2. The first-order chi connectivity index (χ1) is 13.5. The first-order valence-corrected chi connectivity index (χ1v) is 10.2. The molecule has 9 nitrogen and oxygen atoms in total. The molecule has 0 saturated carbocycles. The summed E-state index contributed by atoms with van der Waals surface area (Å²) in [5, 5.41) is 7.92. The van der Waals surface area contributed by atoms with E-state index in [2.05, 4.69) is 25.8 Å². The molecule has 0 saturated heterocycles. The molecular weight excluding hydrogens is 360 g/mol. The SMILES string of the molecule is CNC(=O)CCN(CCCCCN)CCN(CCC(=O)NC)CCC(=O)NC. The van der Waals surface area contributed by atoms with E-state index < -0.39 is 0 Å². The van der Waals surface area contributed by atoms with Gasteiger partial charge in [-0.3, -0.25) is 14.4 Å². The van der Waals surface area contributed by atoms with Gasteiger partial charge in [0, 0.05) is 73.1 Å². The van der Waals surface area contributed by atoms with Gasteiger partial charge in [-0.05, 0) is 25.9 Å². The third kappa shape index (κ3) is 14.4. The minimum absolute atomic E-state index is 0.0109. The summed E-state index contributed by atoms with van der Waals surface area (Å²) >= 11 is 0. The van der Waals surface area contributed by atoms with Crippen LogP contribution in [0.15, 0.2) is 0 Å². The zero-order chi connectivity index (χ0) is 21.2. The van der Waals surface area contributed by atoms with E-state index in [1.807, 2.05) is 0 Å². The Morgan fingerprint density at radius 2 is 1.00 bits per heavy atom. The van der Waals surface area contributed by atoms with Gasteiger partial charge >= 0.3 is 0 Å². The Bertz CT molecular complexity index is 427. The molecule has 0 heterocycles. The van der Waals surface area contributed by atoms with Crippen molar-refractivity contribution in [3.05, 3.63) is 0 Å². The molecule has 3 amide bonds. The molecule has 164 valence electrons. The molecule has 0 atom stereocenters. The maximum atomic E-state index is 11.6. The highest BCUT2D eigenvalue weighted by molar-refractivity contribution is 5.76. The van der Waals surface area contributed by atoms with E-state index in [0.29, 0.717) is 45.4 Å². The standard InChI is InChI=1S/C19H40N6O3/c1-21-17(26)7-12-24(11-6-4-5-10-20)15-16-25(13-8-18(27)22-2)14-9-19(28)23-3/h4-16,20H2,1-3H3,(H,21,26)(H,22,27)(H,23,28). The summed E-state index contributed by atoms with van der Waals surface area (Å²) in [5.41, 5.74) is 5.56. The highest BCUT2D eigenvalue weighted by atomic mass is 16.2. The molecule has 0 aliphatic carbocycles. The van der Waals surface area contributed by atoms with Crippen LogP contribution in [0.3, 0.4) is 0 Å². The first kappa shape index (κ1) is 26.3. The summed E-state index contributed by atoms with van der Waals surface area (Å²) in [6.07, 6.45) is 4.39. The monoisotopic (exact) mass is 400 g/mol. The van der Waals surface area contributed by atoms with Gasteiger partial charge in [-0.15, -0.1) is 0 Å². The smallest absolute Gasteiger partial charge is 0.221 e. The number of unbranched alkanes of at least 4 members (excludes halogenated alkanes) is 2. The molecule has 0 aromatic heterocycles. The van der Waals surface area contributed by atoms with Crippen molar-refractivity contribution in [2.45, 2.75) is 38.5 Å². The average molecular weight is 401 g/mol. The summed E-state index contributed by atoms with van der Waals surface area (Å²) < 4.78 is 0. The number of hydrogen-bond acceptors (Lipinski definition) is 6. The zero-order valence-corrected chi connectivity index (χ0v) is 17.9. The lowest BCUT2D eigenvalue weighted by Crippen LogP contribution is -2.40. The van der Waals surface area contributed by atoms with Crippen molar-refractivity contribution in [3.8, 4) is 0 Å². The molecule has 0 aliphatic heterocycles. The number of rotatable bonds is 17. The van der Waals surface area contributed by atoms with Crippen LogP contribution in [0.25, 0.3) is 0 Å². The molecule has 0 spiro atoms. The van der Waals surface area contributed by atoms with Gasteiger partial charge in [0.15, 0.2) is 0 Å². The van der Waals surface area contributed by atoms with E-state index >= 15 is 0 Å². The minimum Gasteiger partial charge on any atom is -0.359 e. The summed E-state index contributed by atoms with van der Waals surface area (Å²) in [7, 11) is 4.89. The molecule has 0 fully saturated rings. The van der Waals surface area contributed by atoms with Crippen molar-refractivity contribution in [3.63, 3.8) is 0 Å². The van der Waals surface area contributed by atoms with E-state index in [9.17, 15) is 14.4 Å². The summed E-state index contributed by atoms with van der Waals surface area (Å²) in [4.78, 5) is 39.2. The predicted molar refractivity (Wildman–Crippen MR) is 112 cm³/mol. The summed E-state index contributed by atoms with van der Waals surface area (Å²) in [5.74, 6) is 0.00875. The maximum Gasteiger partial charge on any atom is 0.221 e. The van der Waals surface area contributed by atoms with Gasteiger partial charge in [-0.25, -0.2) is 0 Å². The summed E-state index contributed by atoms with van der Waals surface area (Å²) in [6.45, 7) is 5.06. The van der Waals surface area contributed by atoms with Crippen LogP contribution in [-0.2, 0) is 14.4 Å². The Morgan fingerprint density at radius 3 is 1.36 bits per heavy atom. The van der Waals surface area contributed by atoms with E-state index in [1.165, 1.54) is 0 Å². The van der Waals surface area contributed by atoms with Crippen molar-refractivity contribution in [1.29, 1.82) is 0 Å². The Balaban J connectivity index is 4.64. The molecule has 5 N–H and O–H groups in total. The second-order valence-electron chi connectivity index (χ2n) is 6.80. The van der Waals surface area contributed by atoms with E-state index in [1.54, 1.807) is 21.1 Å². The van der Waals surface area contributed by atoms with E-state index in [4.69, 9.17) is 5.73 Å². The Labute approximate surface area is 169 Å². The molecule has 9 heteroatoms. The van der Waals surface area contributed by atoms with Gasteiger partial charge < -0.3 is 31.5 Å². The number of carbonyl (C=O) groups is 3. The maximum absolute atomic E-state index is 11.6. The average Bonchev–Trinajstić information content (AvgIpc) is 2.72. The van der Waals surface area contributed by atoms with Crippen molar-refractivity contribution in [2.24, 2.45) is 5.73 Å². The lowest BCUT2D eigenvalue weighted by Gasteiger charge is -2.27. The molecule has 0 aliphatic rings. The van der Waals surface area contributed by atoms with E-state index in [0.717, 1.165) is 38.9 Å². The Kier molecular flexibility index (Phi) is 16.3. The Hall–Kier alpha value is -1.71. The second kappa shape index (κ2) is 17.4. The third-order valence-electron chi connectivity index (χ3n) is 4.71. The number of hydrogen-bond donors (Lipinski definition) is 4. The fourth-order valence-corrected chi connectivity index (χ4v) is 2.76. The number of carbonyl (C=O) groups excluding carboxylic acids is 3. The van der Waals surface area contributed by atoms with Gasteiger partial charge in [-0.2, -0.15) is 0 Å². The van der Waals surface area contributed by atoms with Crippen LogP contribution in [-0.4, -0.2) is 94.5 Å². The quantitative estimate of drug-likeness (QED) is 0.236. The van der Waals surface area contributed by atoms with Crippen LogP contribution in [0, 0.1) is 0 Å². The van der Waals surface area contributed by atoms with Crippen molar-refractivity contribution in [1.82, 2.24) is 25.8 Å². The first-order valence-electron chi connectivity index (χ1n) is 10.2. The van der Waals surface area contributed by atoms with Gasteiger partial charge in [0.2, 0.25) is 17.7 Å². The molecule has 0 aromatic rings. The molecule has 28 heavy (non-hydrogen) atoms. The van der Waals surface area contributed by atoms with Crippen LogP contribution >= 0.6 is 0 Å². The van der Waals surface area contributed by atoms with E-state index in [-0.39, 0.29) is 17.7 Å². The van der Waals surface area contributed by atoms with Crippen LogP contribution < -0.4 is 21.7 Å².